The third kappa shape index (κ3) is 3.69. The topological polar surface area (TPSA) is 15.6 Å². The van der Waals surface area contributed by atoms with Crippen LogP contribution in [0.3, 0.4) is 0 Å². The molecule has 0 N–H and O–H groups in total. The summed E-state index contributed by atoms with van der Waals surface area (Å²) in [5.74, 6) is 0.676. The molecule has 0 aromatic heterocycles. The highest BCUT2D eigenvalue weighted by molar-refractivity contribution is 5.63. The van der Waals surface area contributed by atoms with Crippen LogP contribution in [-0.4, -0.2) is 30.7 Å². The molecule has 0 spiro atoms. The van der Waals surface area contributed by atoms with Gasteiger partial charge < -0.3 is 4.90 Å². The maximum Gasteiger partial charge on any atom is 0.0232 e. The average Bonchev–Trinajstić information content (AvgIpc) is 2.48. The summed E-state index contributed by atoms with van der Waals surface area (Å²) in [5, 5.41) is 0. The van der Waals surface area contributed by atoms with E-state index < -0.39 is 0 Å². The Morgan fingerprint density at radius 3 is 2.80 bits per heavy atom. The van der Waals surface area contributed by atoms with Gasteiger partial charge in [-0.3, -0.25) is 4.99 Å². The number of hydrogen-bond acceptors (Lipinski definition) is 2. The van der Waals surface area contributed by atoms with E-state index in [1.165, 1.54) is 31.5 Å². The smallest absolute Gasteiger partial charge is 0.0232 e. The van der Waals surface area contributed by atoms with E-state index >= 15 is 0 Å². The molecule has 2 aliphatic rings. The van der Waals surface area contributed by atoms with Crippen molar-refractivity contribution in [2.75, 3.05) is 19.6 Å². The fourth-order valence-electron chi connectivity index (χ4n) is 3.04. The molecular formula is C18H28N2. The third-order valence-corrected chi connectivity index (χ3v) is 4.48. The van der Waals surface area contributed by atoms with Gasteiger partial charge in [0.05, 0.1) is 0 Å². The van der Waals surface area contributed by atoms with Crippen LogP contribution < -0.4 is 0 Å². The van der Waals surface area contributed by atoms with E-state index in [2.05, 4.69) is 55.0 Å². The number of rotatable bonds is 6. The molecule has 0 bridgehead atoms. The van der Waals surface area contributed by atoms with Crippen molar-refractivity contribution in [1.82, 2.24) is 4.90 Å². The van der Waals surface area contributed by atoms with Crippen molar-refractivity contribution < 1.29 is 0 Å². The second kappa shape index (κ2) is 7.03. The molecule has 1 aliphatic heterocycles. The quantitative estimate of drug-likeness (QED) is 0.707. The predicted molar refractivity (Wildman–Crippen MR) is 88.1 cm³/mol. The molecule has 0 aromatic rings. The van der Waals surface area contributed by atoms with Crippen molar-refractivity contribution in [3.05, 3.63) is 36.1 Å². The molecule has 1 heterocycles. The van der Waals surface area contributed by atoms with Crippen LogP contribution in [0, 0.1) is 11.3 Å². The number of aliphatic imine (C=N–C) groups is 1. The van der Waals surface area contributed by atoms with Gasteiger partial charge in [0.25, 0.3) is 0 Å². The van der Waals surface area contributed by atoms with Gasteiger partial charge in [0.2, 0.25) is 0 Å². The molecule has 0 amide bonds. The van der Waals surface area contributed by atoms with Crippen LogP contribution >= 0.6 is 0 Å². The molecular weight excluding hydrogens is 244 g/mol. The lowest BCUT2D eigenvalue weighted by Crippen LogP contribution is -2.30. The minimum absolute atomic E-state index is 0.150. The molecule has 20 heavy (non-hydrogen) atoms. The molecule has 2 nitrogen and oxygen atoms in total. The van der Waals surface area contributed by atoms with Gasteiger partial charge in [-0.2, -0.15) is 0 Å². The fraction of sp³-hybridized carbons (Fsp3) is 0.611. The van der Waals surface area contributed by atoms with Crippen molar-refractivity contribution in [2.45, 2.75) is 40.0 Å². The summed E-state index contributed by atoms with van der Waals surface area (Å²) in [5.41, 5.74) is 1.60. The van der Waals surface area contributed by atoms with Gasteiger partial charge in [-0.25, -0.2) is 0 Å². The monoisotopic (exact) mass is 272 g/mol. The fourth-order valence-corrected chi connectivity index (χ4v) is 3.04. The first kappa shape index (κ1) is 15.2. The standard InChI is InChI=1S/C18H28N2/c1-4-14-20(5-2)15-16-6-8-17(9-7-16)18(3)10-12-19-13-11-18/h6,8-10,12-13,16H,4-5,7,11,14-15H2,1-3H3. The molecule has 0 radical (unpaired) electrons. The lowest BCUT2D eigenvalue weighted by atomic mass is 9.75. The number of nitrogens with zero attached hydrogens (tertiary/aromatic N) is 2. The van der Waals surface area contributed by atoms with Gasteiger partial charge in [0.1, 0.15) is 0 Å². The summed E-state index contributed by atoms with van der Waals surface area (Å²) in [7, 11) is 0. The second-order valence-corrected chi connectivity index (χ2v) is 6.18. The highest BCUT2D eigenvalue weighted by Crippen LogP contribution is 2.37. The van der Waals surface area contributed by atoms with E-state index in [-0.39, 0.29) is 5.41 Å². The van der Waals surface area contributed by atoms with Crippen molar-refractivity contribution in [3.63, 3.8) is 0 Å². The van der Waals surface area contributed by atoms with Crippen molar-refractivity contribution in [1.29, 1.82) is 0 Å². The molecule has 0 fully saturated rings. The van der Waals surface area contributed by atoms with Gasteiger partial charge in [0.15, 0.2) is 0 Å². The highest BCUT2D eigenvalue weighted by atomic mass is 15.1. The SMILES string of the molecule is CCCN(CC)CC1C=CC(C2(C)C=CN=CC2)=CC1. The van der Waals surface area contributed by atoms with Crippen molar-refractivity contribution >= 4 is 6.21 Å². The van der Waals surface area contributed by atoms with E-state index in [0.717, 1.165) is 13.0 Å². The Hall–Kier alpha value is -1.15. The van der Waals surface area contributed by atoms with Gasteiger partial charge >= 0.3 is 0 Å². The summed E-state index contributed by atoms with van der Waals surface area (Å²) < 4.78 is 0. The van der Waals surface area contributed by atoms with E-state index in [0.29, 0.717) is 5.92 Å². The Morgan fingerprint density at radius 2 is 2.25 bits per heavy atom. The number of allylic oxidation sites excluding steroid dienone is 4. The largest absolute Gasteiger partial charge is 0.303 e. The van der Waals surface area contributed by atoms with Crippen LogP contribution in [0.25, 0.3) is 0 Å². The zero-order valence-electron chi connectivity index (χ0n) is 13.2. The van der Waals surface area contributed by atoms with Crippen LogP contribution in [0.5, 0.6) is 0 Å². The molecule has 0 aromatic carbocycles. The van der Waals surface area contributed by atoms with E-state index in [4.69, 9.17) is 0 Å². The van der Waals surface area contributed by atoms with Gasteiger partial charge in [-0.05, 0) is 43.8 Å². The lowest BCUT2D eigenvalue weighted by Gasteiger charge is -2.31. The molecule has 1 aliphatic carbocycles. The first-order chi connectivity index (χ1) is 9.68. The molecule has 2 unspecified atom stereocenters. The van der Waals surface area contributed by atoms with Crippen LogP contribution in [0.4, 0.5) is 0 Å². The maximum atomic E-state index is 4.19. The molecule has 0 saturated carbocycles. The van der Waals surface area contributed by atoms with Crippen LogP contribution in [-0.2, 0) is 0 Å². The summed E-state index contributed by atoms with van der Waals surface area (Å²) in [6, 6.07) is 0. The van der Waals surface area contributed by atoms with Gasteiger partial charge in [-0.15, -0.1) is 0 Å². The Labute approximate surface area is 124 Å². The minimum Gasteiger partial charge on any atom is -0.303 e. The Morgan fingerprint density at radius 1 is 1.40 bits per heavy atom. The van der Waals surface area contributed by atoms with E-state index in [9.17, 15) is 0 Å². The Bertz CT molecular complexity index is 431. The predicted octanol–water partition coefficient (Wildman–Crippen LogP) is 4.22. The third-order valence-electron chi connectivity index (χ3n) is 4.48. The summed E-state index contributed by atoms with van der Waals surface area (Å²) in [6.45, 7) is 10.4. The second-order valence-electron chi connectivity index (χ2n) is 6.18. The lowest BCUT2D eigenvalue weighted by molar-refractivity contribution is 0.260. The first-order valence-corrected chi connectivity index (χ1v) is 7.98. The van der Waals surface area contributed by atoms with Crippen LogP contribution in [0.1, 0.15) is 40.0 Å². The zero-order chi connectivity index (χ0) is 14.4. The van der Waals surface area contributed by atoms with Gasteiger partial charge in [0, 0.05) is 24.4 Å². The van der Waals surface area contributed by atoms with E-state index in [1.807, 2.05) is 12.4 Å². The molecule has 0 saturated heterocycles. The maximum absolute atomic E-state index is 4.19. The van der Waals surface area contributed by atoms with Crippen LogP contribution in [0.15, 0.2) is 41.1 Å². The average molecular weight is 272 g/mol. The highest BCUT2D eigenvalue weighted by Gasteiger charge is 2.26. The van der Waals surface area contributed by atoms with Crippen molar-refractivity contribution in [2.24, 2.45) is 16.3 Å². The minimum atomic E-state index is 0.150. The van der Waals surface area contributed by atoms with Crippen molar-refractivity contribution in [3.8, 4) is 0 Å². The zero-order valence-corrected chi connectivity index (χ0v) is 13.2. The number of hydrogen-bond donors (Lipinski definition) is 0. The summed E-state index contributed by atoms with van der Waals surface area (Å²) in [4.78, 5) is 6.75. The summed E-state index contributed by atoms with van der Waals surface area (Å²) in [6.07, 6.45) is 16.8. The molecule has 110 valence electrons. The Kier molecular flexibility index (Phi) is 5.36. The van der Waals surface area contributed by atoms with E-state index in [1.54, 1.807) is 0 Å². The Balaban J connectivity index is 1.92. The van der Waals surface area contributed by atoms with Gasteiger partial charge in [-0.1, -0.05) is 45.1 Å². The first-order valence-electron chi connectivity index (χ1n) is 7.98. The molecule has 2 heteroatoms. The molecule has 2 rings (SSSR count). The molecule has 2 atom stereocenters. The summed E-state index contributed by atoms with van der Waals surface area (Å²) >= 11 is 0. The normalized spacial score (nSPS) is 29.0. The van der Waals surface area contributed by atoms with Crippen LogP contribution in [0.2, 0.25) is 0 Å².